The number of carbonyl (C=O) groups is 1. The number of nitriles is 1. The average Bonchev–Trinajstić information content (AvgIpc) is 3.28. The van der Waals surface area contributed by atoms with Crippen molar-refractivity contribution in [3.63, 3.8) is 0 Å². The molecule has 1 aliphatic heterocycles. The van der Waals surface area contributed by atoms with E-state index in [1.165, 1.54) is 34.9 Å². The molecule has 1 unspecified atom stereocenters. The van der Waals surface area contributed by atoms with Gasteiger partial charge in [-0.3, -0.25) is 4.79 Å². The maximum atomic E-state index is 13.1. The number of rotatable bonds is 5. The fraction of sp³-hybridized carbons (Fsp3) is 0.400. The molecule has 3 aromatic rings. The fourth-order valence-corrected chi connectivity index (χ4v) is 4.71. The highest BCUT2D eigenvalue weighted by Crippen LogP contribution is 2.47. The number of nitrogens with zero attached hydrogens (tertiary/aromatic N) is 6. The second-order valence-electron chi connectivity index (χ2n) is 7.48. The van der Waals surface area contributed by atoms with Gasteiger partial charge in [-0.2, -0.15) is 19.8 Å². The lowest BCUT2D eigenvalue weighted by molar-refractivity contribution is 0.0792. The number of amides is 1. The highest BCUT2D eigenvalue weighted by atomic mass is 32.1. The monoisotopic (exact) mass is 421 g/mol. The lowest BCUT2D eigenvalue weighted by Gasteiger charge is -2.21. The van der Waals surface area contributed by atoms with Gasteiger partial charge in [-0.25, -0.2) is 4.98 Å². The van der Waals surface area contributed by atoms with Crippen molar-refractivity contribution in [1.29, 1.82) is 5.26 Å². The number of ether oxygens (including phenoxy) is 1. The number of carbonyl (C=O) groups excluding carboxylic acids is 1. The van der Waals surface area contributed by atoms with Crippen molar-refractivity contribution in [2.45, 2.75) is 37.5 Å². The van der Waals surface area contributed by atoms with Crippen LogP contribution in [0.4, 0.5) is 5.69 Å². The first-order valence-corrected chi connectivity index (χ1v) is 10.7. The van der Waals surface area contributed by atoms with Crippen LogP contribution in [0, 0.1) is 11.3 Å². The van der Waals surface area contributed by atoms with Crippen LogP contribution in [-0.2, 0) is 4.74 Å². The molecule has 1 saturated carbocycles. The van der Waals surface area contributed by atoms with Crippen LogP contribution < -0.4 is 5.32 Å². The number of pyridine rings is 1. The molecule has 1 aliphatic carbocycles. The molecule has 0 radical (unpaired) electrons. The second kappa shape index (κ2) is 7.93. The van der Waals surface area contributed by atoms with E-state index in [-0.39, 0.29) is 17.4 Å². The predicted molar refractivity (Wildman–Crippen MR) is 109 cm³/mol. The third kappa shape index (κ3) is 3.58. The van der Waals surface area contributed by atoms with Crippen molar-refractivity contribution in [2.24, 2.45) is 0 Å². The molecule has 0 aromatic carbocycles. The first-order chi connectivity index (χ1) is 14.7. The van der Waals surface area contributed by atoms with E-state index in [9.17, 15) is 10.1 Å². The average molecular weight is 421 g/mol. The summed E-state index contributed by atoms with van der Waals surface area (Å²) >= 11 is 1.25. The maximum absolute atomic E-state index is 13.1. The lowest BCUT2D eigenvalue weighted by Crippen LogP contribution is -2.18. The Balaban J connectivity index is 1.41. The molecule has 9 nitrogen and oxygen atoms in total. The van der Waals surface area contributed by atoms with E-state index in [0.29, 0.717) is 28.9 Å². The first-order valence-electron chi connectivity index (χ1n) is 9.90. The smallest absolute Gasteiger partial charge is 0.267 e. The Morgan fingerprint density at radius 3 is 2.80 bits per heavy atom. The van der Waals surface area contributed by atoms with Crippen molar-refractivity contribution in [3.05, 3.63) is 46.4 Å². The number of anilines is 1. The fourth-order valence-electron chi connectivity index (χ4n) is 3.77. The third-order valence-corrected chi connectivity index (χ3v) is 6.22. The van der Waals surface area contributed by atoms with Gasteiger partial charge in [0.1, 0.15) is 16.5 Å². The lowest BCUT2D eigenvalue weighted by atomic mass is 9.93. The zero-order chi connectivity index (χ0) is 20.5. The van der Waals surface area contributed by atoms with Gasteiger partial charge < -0.3 is 10.1 Å². The maximum Gasteiger partial charge on any atom is 0.267 e. The summed E-state index contributed by atoms with van der Waals surface area (Å²) in [6.45, 7) is 1.47. The van der Waals surface area contributed by atoms with Gasteiger partial charge in [-0.15, -0.1) is 4.80 Å². The standard InChI is InChI=1S/C20H19N7O2S/c21-9-14-8-15(10-22-19(14)27-23-5-6-24-27)25-20(28)18-16(12-3-4-12)17(26-30-18)13-2-1-7-29-11-13/h5-6,8,10,12-13H,1-4,7,11H2,(H,25,28). The Labute approximate surface area is 176 Å². The molecule has 1 amide bonds. The zero-order valence-electron chi connectivity index (χ0n) is 16.1. The summed E-state index contributed by atoms with van der Waals surface area (Å²) in [6.07, 6.45) is 8.77. The molecule has 152 valence electrons. The van der Waals surface area contributed by atoms with E-state index in [2.05, 4.69) is 30.9 Å². The number of hydrogen-bond donors (Lipinski definition) is 1. The molecular weight excluding hydrogens is 402 g/mol. The molecule has 0 spiro atoms. The van der Waals surface area contributed by atoms with E-state index in [0.717, 1.165) is 43.5 Å². The molecule has 2 aliphatic rings. The Kier molecular flexibility index (Phi) is 4.98. The number of aromatic nitrogens is 5. The van der Waals surface area contributed by atoms with Gasteiger partial charge in [-0.05, 0) is 49.2 Å². The summed E-state index contributed by atoms with van der Waals surface area (Å²) in [5, 5.41) is 20.4. The highest BCUT2D eigenvalue weighted by Gasteiger charge is 2.36. The normalized spacial score (nSPS) is 18.7. The Morgan fingerprint density at radius 1 is 1.27 bits per heavy atom. The molecule has 1 atom stereocenters. The molecular formula is C20H19N7O2S. The van der Waals surface area contributed by atoms with Crippen LogP contribution in [0.3, 0.4) is 0 Å². The van der Waals surface area contributed by atoms with Gasteiger partial charge in [-0.1, -0.05) is 0 Å². The van der Waals surface area contributed by atoms with Crippen LogP contribution in [0.25, 0.3) is 5.82 Å². The SMILES string of the molecule is N#Cc1cc(NC(=O)c2snc(C3CCCOC3)c2C2CC2)cnc1-n1nccn1. The minimum absolute atomic E-state index is 0.215. The molecule has 30 heavy (non-hydrogen) atoms. The summed E-state index contributed by atoms with van der Waals surface area (Å²) in [6, 6.07) is 3.67. The Bertz CT molecular complexity index is 1110. The third-order valence-electron chi connectivity index (χ3n) is 5.35. The van der Waals surface area contributed by atoms with Crippen LogP contribution in [0.1, 0.15) is 64.0 Å². The van der Waals surface area contributed by atoms with Crippen LogP contribution in [0.2, 0.25) is 0 Å². The van der Waals surface area contributed by atoms with E-state index in [4.69, 9.17) is 4.74 Å². The Morgan fingerprint density at radius 2 is 2.10 bits per heavy atom. The molecule has 3 aromatic heterocycles. The van der Waals surface area contributed by atoms with E-state index in [1.54, 1.807) is 6.07 Å². The van der Waals surface area contributed by atoms with Crippen molar-refractivity contribution in [2.75, 3.05) is 18.5 Å². The van der Waals surface area contributed by atoms with Crippen LogP contribution in [-0.4, -0.2) is 43.5 Å². The first kappa shape index (κ1) is 18.8. The van der Waals surface area contributed by atoms with Gasteiger partial charge in [0.05, 0.1) is 36.6 Å². The summed E-state index contributed by atoms with van der Waals surface area (Å²) in [4.78, 5) is 19.2. The molecule has 1 saturated heterocycles. The molecule has 10 heteroatoms. The van der Waals surface area contributed by atoms with Crippen molar-refractivity contribution < 1.29 is 9.53 Å². The van der Waals surface area contributed by atoms with Crippen molar-refractivity contribution in [3.8, 4) is 11.9 Å². The quantitative estimate of drug-likeness (QED) is 0.672. The molecule has 4 heterocycles. The van der Waals surface area contributed by atoms with Crippen LogP contribution in [0.5, 0.6) is 0 Å². The van der Waals surface area contributed by atoms with Gasteiger partial charge in [0.2, 0.25) is 0 Å². The van der Waals surface area contributed by atoms with Gasteiger partial charge in [0.15, 0.2) is 5.82 Å². The van der Waals surface area contributed by atoms with E-state index >= 15 is 0 Å². The van der Waals surface area contributed by atoms with Gasteiger partial charge in [0, 0.05) is 18.1 Å². The summed E-state index contributed by atoms with van der Waals surface area (Å²) in [7, 11) is 0. The van der Waals surface area contributed by atoms with Gasteiger partial charge in [0.25, 0.3) is 5.91 Å². The van der Waals surface area contributed by atoms with Gasteiger partial charge >= 0.3 is 0 Å². The highest BCUT2D eigenvalue weighted by molar-refractivity contribution is 7.08. The number of hydrogen-bond acceptors (Lipinski definition) is 8. The Hall–Kier alpha value is -3.16. The minimum atomic E-state index is -0.215. The molecule has 2 fully saturated rings. The topological polar surface area (TPSA) is 119 Å². The van der Waals surface area contributed by atoms with Crippen molar-refractivity contribution in [1.82, 2.24) is 24.4 Å². The van der Waals surface area contributed by atoms with Crippen LogP contribution >= 0.6 is 11.5 Å². The summed E-state index contributed by atoms with van der Waals surface area (Å²) in [5.74, 6) is 0.770. The molecule has 1 N–H and O–H groups in total. The van der Waals surface area contributed by atoms with E-state index in [1.807, 2.05) is 0 Å². The van der Waals surface area contributed by atoms with Crippen molar-refractivity contribution >= 4 is 23.1 Å². The summed E-state index contributed by atoms with van der Waals surface area (Å²) < 4.78 is 10.3. The van der Waals surface area contributed by atoms with Crippen LogP contribution in [0.15, 0.2) is 24.7 Å². The van der Waals surface area contributed by atoms with E-state index < -0.39 is 0 Å². The summed E-state index contributed by atoms with van der Waals surface area (Å²) in [5.41, 5.74) is 2.84. The zero-order valence-corrected chi connectivity index (χ0v) is 16.9. The molecule has 0 bridgehead atoms. The minimum Gasteiger partial charge on any atom is -0.381 e. The molecule has 5 rings (SSSR count). The predicted octanol–water partition coefficient (Wildman–Crippen LogP) is 3.01. The second-order valence-corrected chi connectivity index (χ2v) is 8.25. The largest absolute Gasteiger partial charge is 0.381 e. The number of nitrogens with one attached hydrogen (secondary N) is 1.